The van der Waals surface area contributed by atoms with Crippen LogP contribution in [0.5, 0.6) is 0 Å². The van der Waals surface area contributed by atoms with Crippen molar-refractivity contribution in [3.63, 3.8) is 0 Å². The predicted octanol–water partition coefficient (Wildman–Crippen LogP) is 4.06. The maximum absolute atomic E-state index is 13.4. The van der Waals surface area contributed by atoms with Crippen molar-refractivity contribution in [3.8, 4) is 0 Å². The number of carbonyl (C=O) groups excluding carboxylic acids is 1. The number of nitrogens with zero attached hydrogens (tertiary/aromatic N) is 3. The topological polar surface area (TPSA) is 107 Å². The Morgan fingerprint density at radius 1 is 1.17 bits per heavy atom. The van der Waals surface area contributed by atoms with Crippen LogP contribution in [0.25, 0.3) is 10.9 Å². The zero-order chi connectivity index (χ0) is 26.5. The number of fused-ring (bicyclic) bond motifs is 1. The van der Waals surface area contributed by atoms with Gasteiger partial charge in [-0.1, -0.05) is 0 Å². The summed E-state index contributed by atoms with van der Waals surface area (Å²) >= 11 is 0. The highest BCUT2D eigenvalue weighted by Crippen LogP contribution is 2.42. The van der Waals surface area contributed by atoms with Gasteiger partial charge in [0.1, 0.15) is 18.2 Å². The molecule has 1 aliphatic carbocycles. The molecule has 1 saturated heterocycles. The second-order valence-electron chi connectivity index (χ2n) is 11.1. The van der Waals surface area contributed by atoms with Crippen LogP contribution < -0.4 is 10.6 Å². The first kappa shape index (κ1) is 26.1. The number of carboxylic acid groups (broad SMARTS) is 1. The molecule has 1 saturated carbocycles. The van der Waals surface area contributed by atoms with Crippen molar-refractivity contribution < 1.29 is 27.9 Å². The van der Waals surface area contributed by atoms with Gasteiger partial charge in [-0.25, -0.2) is 9.97 Å². The molecule has 4 rings (SSSR count). The largest absolute Gasteiger partial charge is 0.481 e. The number of halogens is 3. The van der Waals surface area contributed by atoms with Gasteiger partial charge in [0.2, 0.25) is 5.91 Å². The Bertz CT molecular complexity index is 1170. The van der Waals surface area contributed by atoms with Gasteiger partial charge >= 0.3 is 12.1 Å². The van der Waals surface area contributed by atoms with Crippen molar-refractivity contribution >= 4 is 28.6 Å². The number of likely N-dealkylation sites (tertiary alicyclic amines) is 1. The average Bonchev–Trinajstić information content (AvgIpc) is 3.12. The molecule has 8 nitrogen and oxygen atoms in total. The summed E-state index contributed by atoms with van der Waals surface area (Å²) in [7, 11) is 0. The number of anilines is 1. The first-order valence-corrected chi connectivity index (χ1v) is 12.1. The van der Waals surface area contributed by atoms with E-state index < -0.39 is 35.2 Å². The third-order valence-corrected chi connectivity index (χ3v) is 7.21. The number of hydrogen-bond acceptors (Lipinski definition) is 6. The number of nitrogens with one attached hydrogen (secondary N) is 2. The standard InChI is InChI=1S/C25H32F3N5O3/c1-23(2,3)32-15-6-8-19(24(4,12-15)22(35)36)33-10-9-18(21(33)34)31-20-16-11-14(25(26,27)28)5-7-17(16)29-13-30-20/h5,7,11,13,15,18-19,32H,6,8-10,12H2,1-4H3,(H,35,36)(H,29,30,31)/t15-,18?,19+,24-/m1/s1. The molecule has 3 N–H and O–H groups in total. The van der Waals surface area contributed by atoms with Gasteiger partial charge in [-0.3, -0.25) is 9.59 Å². The fourth-order valence-electron chi connectivity index (χ4n) is 5.55. The van der Waals surface area contributed by atoms with E-state index in [0.29, 0.717) is 31.3 Å². The predicted molar refractivity (Wildman–Crippen MR) is 128 cm³/mol. The fraction of sp³-hybridized carbons (Fsp3) is 0.600. The van der Waals surface area contributed by atoms with Gasteiger partial charge in [0.15, 0.2) is 0 Å². The summed E-state index contributed by atoms with van der Waals surface area (Å²) in [5.74, 6) is -1.07. The lowest BCUT2D eigenvalue weighted by Gasteiger charge is -2.47. The minimum atomic E-state index is -4.52. The molecule has 11 heteroatoms. The number of aliphatic carboxylic acids is 1. The van der Waals surface area contributed by atoms with E-state index in [1.807, 2.05) is 20.8 Å². The lowest BCUT2D eigenvalue weighted by atomic mass is 9.68. The molecule has 2 heterocycles. The number of aromatic nitrogens is 2. The lowest BCUT2D eigenvalue weighted by molar-refractivity contribution is -0.158. The van der Waals surface area contributed by atoms with E-state index in [1.54, 1.807) is 11.8 Å². The molecule has 0 spiro atoms. The van der Waals surface area contributed by atoms with Gasteiger partial charge in [0.05, 0.1) is 16.5 Å². The average molecular weight is 508 g/mol. The van der Waals surface area contributed by atoms with E-state index in [1.165, 1.54) is 12.4 Å². The number of carbonyl (C=O) groups is 2. The van der Waals surface area contributed by atoms with Gasteiger partial charge < -0.3 is 20.6 Å². The van der Waals surface area contributed by atoms with Gasteiger partial charge in [0.25, 0.3) is 0 Å². The first-order valence-electron chi connectivity index (χ1n) is 12.1. The third kappa shape index (κ3) is 5.11. The molecule has 1 aromatic carbocycles. The second kappa shape index (κ2) is 9.17. The van der Waals surface area contributed by atoms with E-state index in [4.69, 9.17) is 0 Å². The maximum Gasteiger partial charge on any atom is 0.416 e. The quantitative estimate of drug-likeness (QED) is 0.560. The molecule has 2 aromatic rings. The smallest absolute Gasteiger partial charge is 0.416 e. The van der Waals surface area contributed by atoms with E-state index >= 15 is 0 Å². The van der Waals surface area contributed by atoms with Crippen molar-refractivity contribution in [2.24, 2.45) is 5.41 Å². The monoisotopic (exact) mass is 507 g/mol. The van der Waals surface area contributed by atoms with Crippen LogP contribution in [0.2, 0.25) is 0 Å². The lowest BCUT2D eigenvalue weighted by Crippen LogP contribution is -2.59. The summed E-state index contributed by atoms with van der Waals surface area (Å²) in [4.78, 5) is 35.6. The number of benzene rings is 1. The summed E-state index contributed by atoms with van der Waals surface area (Å²) in [6.45, 7) is 8.16. The van der Waals surface area contributed by atoms with Crippen LogP contribution in [0.4, 0.5) is 19.0 Å². The van der Waals surface area contributed by atoms with Crippen LogP contribution >= 0.6 is 0 Å². The summed E-state index contributed by atoms with van der Waals surface area (Å²) in [6, 6.07) is 2.02. The highest BCUT2D eigenvalue weighted by Gasteiger charge is 2.52. The summed E-state index contributed by atoms with van der Waals surface area (Å²) in [5, 5.41) is 16.8. The van der Waals surface area contributed by atoms with E-state index in [0.717, 1.165) is 18.6 Å². The van der Waals surface area contributed by atoms with Crippen LogP contribution in [0, 0.1) is 5.41 Å². The van der Waals surface area contributed by atoms with Gasteiger partial charge in [0, 0.05) is 29.6 Å². The fourth-order valence-corrected chi connectivity index (χ4v) is 5.55. The molecule has 1 unspecified atom stereocenters. The van der Waals surface area contributed by atoms with Crippen LogP contribution in [0.3, 0.4) is 0 Å². The molecule has 1 amide bonds. The highest BCUT2D eigenvalue weighted by atomic mass is 19.4. The van der Waals surface area contributed by atoms with Gasteiger partial charge in [-0.15, -0.1) is 0 Å². The van der Waals surface area contributed by atoms with Crippen molar-refractivity contribution in [2.45, 2.75) is 83.2 Å². The van der Waals surface area contributed by atoms with E-state index in [-0.39, 0.29) is 28.7 Å². The Kier molecular flexibility index (Phi) is 6.65. The number of carboxylic acids is 1. The molecule has 2 aliphatic rings. The summed E-state index contributed by atoms with van der Waals surface area (Å²) < 4.78 is 39.8. The number of rotatable bonds is 5. The van der Waals surface area contributed by atoms with Crippen molar-refractivity contribution in [1.29, 1.82) is 0 Å². The summed E-state index contributed by atoms with van der Waals surface area (Å²) in [5.41, 5.74) is -1.80. The molecular weight excluding hydrogens is 475 g/mol. The van der Waals surface area contributed by atoms with Gasteiger partial charge in [-0.05, 0) is 71.6 Å². The van der Waals surface area contributed by atoms with E-state index in [9.17, 15) is 27.9 Å². The van der Waals surface area contributed by atoms with Crippen LogP contribution in [-0.4, -0.2) is 62.1 Å². The van der Waals surface area contributed by atoms with Crippen LogP contribution in [0.1, 0.15) is 58.9 Å². The number of hydrogen-bond donors (Lipinski definition) is 3. The van der Waals surface area contributed by atoms with Crippen molar-refractivity contribution in [2.75, 3.05) is 11.9 Å². The molecule has 2 fully saturated rings. The van der Waals surface area contributed by atoms with E-state index in [2.05, 4.69) is 20.6 Å². The molecule has 196 valence electrons. The minimum absolute atomic E-state index is 0.0178. The van der Waals surface area contributed by atoms with Gasteiger partial charge in [-0.2, -0.15) is 13.2 Å². The number of amides is 1. The highest BCUT2D eigenvalue weighted by molar-refractivity contribution is 5.93. The van der Waals surface area contributed by atoms with Crippen LogP contribution in [0.15, 0.2) is 24.5 Å². The molecule has 0 bridgehead atoms. The molecule has 1 aromatic heterocycles. The molecule has 1 aliphatic heterocycles. The second-order valence-corrected chi connectivity index (χ2v) is 11.1. The Hall–Kier alpha value is -2.95. The normalized spacial score (nSPS) is 27.5. The minimum Gasteiger partial charge on any atom is -0.481 e. The Balaban J connectivity index is 1.55. The molecule has 4 atom stereocenters. The maximum atomic E-state index is 13.4. The van der Waals surface area contributed by atoms with Crippen molar-refractivity contribution in [1.82, 2.24) is 20.2 Å². The van der Waals surface area contributed by atoms with Crippen LogP contribution in [-0.2, 0) is 15.8 Å². The summed E-state index contributed by atoms with van der Waals surface area (Å²) in [6.07, 6.45) is -1.23. The SMILES string of the molecule is CC(C)(C)N[C@@H]1CC[C@H](N2CCC(Nc3ncnc4ccc(C(F)(F)F)cc34)C2=O)[C@](C)(C(=O)O)C1. The Morgan fingerprint density at radius 3 is 2.53 bits per heavy atom. The molecular formula is C25H32F3N5O3. The Labute approximate surface area is 207 Å². The number of alkyl halides is 3. The Morgan fingerprint density at radius 2 is 1.89 bits per heavy atom. The third-order valence-electron chi connectivity index (χ3n) is 7.21. The first-order chi connectivity index (χ1) is 16.7. The molecule has 36 heavy (non-hydrogen) atoms. The molecule has 0 radical (unpaired) electrons. The van der Waals surface area contributed by atoms with Crippen molar-refractivity contribution in [3.05, 3.63) is 30.1 Å². The zero-order valence-electron chi connectivity index (χ0n) is 20.8. The zero-order valence-corrected chi connectivity index (χ0v) is 20.8.